The molecule has 4 aromatic rings. The summed E-state index contributed by atoms with van der Waals surface area (Å²) < 4.78 is 12.9. The van der Waals surface area contributed by atoms with E-state index in [0.29, 0.717) is 18.0 Å². The molecule has 200 valence electrons. The summed E-state index contributed by atoms with van der Waals surface area (Å²) in [5, 5.41) is 19.1. The molecular formula is C27H31ClN6O3S. The van der Waals surface area contributed by atoms with E-state index in [-0.39, 0.29) is 24.9 Å². The number of para-hydroxylation sites is 1. The first kappa shape index (κ1) is 29.0. The minimum atomic E-state index is -0.229. The van der Waals surface area contributed by atoms with Gasteiger partial charge >= 0.3 is 0 Å². The van der Waals surface area contributed by atoms with Crippen molar-refractivity contribution in [2.45, 2.75) is 25.0 Å². The van der Waals surface area contributed by atoms with Crippen molar-refractivity contribution < 1.29 is 14.3 Å². The van der Waals surface area contributed by atoms with Crippen LogP contribution >= 0.6 is 24.2 Å². The van der Waals surface area contributed by atoms with Crippen molar-refractivity contribution in [2.75, 3.05) is 31.3 Å². The van der Waals surface area contributed by atoms with Crippen LogP contribution in [0, 0.1) is 6.92 Å². The number of halogens is 1. The fraction of sp³-hybridized carbons (Fsp3) is 0.259. The van der Waals surface area contributed by atoms with E-state index in [4.69, 9.17) is 9.47 Å². The smallest absolute Gasteiger partial charge is 0.262 e. The van der Waals surface area contributed by atoms with Gasteiger partial charge in [-0.15, -0.1) is 17.5 Å². The SMILES string of the molecule is COc1cc(CNCCCSc2nnnn2-c2ccccc2)ccc1OCC(=O)Nc1ccc(C)cc1.Cl. The Morgan fingerprint density at radius 1 is 1.03 bits per heavy atom. The quantitative estimate of drug-likeness (QED) is 0.181. The number of carbonyl (C=O) groups excluding carboxylic acids is 1. The van der Waals surface area contributed by atoms with E-state index < -0.39 is 0 Å². The number of thioether (sulfide) groups is 1. The van der Waals surface area contributed by atoms with Gasteiger partial charge in [-0.2, -0.15) is 4.68 Å². The molecule has 0 unspecified atom stereocenters. The van der Waals surface area contributed by atoms with Crippen molar-refractivity contribution in [3.05, 3.63) is 83.9 Å². The maximum atomic E-state index is 12.2. The molecule has 0 saturated carbocycles. The Bertz CT molecular complexity index is 1290. The normalized spacial score (nSPS) is 10.5. The molecule has 0 radical (unpaired) electrons. The highest BCUT2D eigenvalue weighted by molar-refractivity contribution is 7.99. The van der Waals surface area contributed by atoms with Crippen molar-refractivity contribution in [2.24, 2.45) is 0 Å². The van der Waals surface area contributed by atoms with Crippen molar-refractivity contribution in [3.8, 4) is 17.2 Å². The summed E-state index contributed by atoms with van der Waals surface area (Å²) in [6, 6.07) is 23.2. The van der Waals surface area contributed by atoms with Crippen LogP contribution < -0.4 is 20.1 Å². The Morgan fingerprint density at radius 2 is 1.82 bits per heavy atom. The first-order valence-corrected chi connectivity index (χ1v) is 12.9. The van der Waals surface area contributed by atoms with Gasteiger partial charge in [-0.05, 0) is 72.3 Å². The maximum Gasteiger partial charge on any atom is 0.262 e. The zero-order chi connectivity index (χ0) is 25.9. The monoisotopic (exact) mass is 554 g/mol. The largest absolute Gasteiger partial charge is 0.493 e. The van der Waals surface area contributed by atoms with Gasteiger partial charge in [0.2, 0.25) is 5.16 Å². The van der Waals surface area contributed by atoms with Gasteiger partial charge in [0.05, 0.1) is 12.8 Å². The van der Waals surface area contributed by atoms with Crippen LogP contribution in [-0.2, 0) is 11.3 Å². The number of carbonyl (C=O) groups is 1. The highest BCUT2D eigenvalue weighted by Gasteiger charge is 2.10. The lowest BCUT2D eigenvalue weighted by atomic mass is 10.2. The molecule has 4 rings (SSSR count). The molecule has 9 nitrogen and oxygen atoms in total. The van der Waals surface area contributed by atoms with Gasteiger partial charge in [0, 0.05) is 18.0 Å². The molecule has 0 fully saturated rings. The number of tetrazole rings is 1. The zero-order valence-corrected chi connectivity index (χ0v) is 22.9. The van der Waals surface area contributed by atoms with Gasteiger partial charge in [-0.3, -0.25) is 4.79 Å². The van der Waals surface area contributed by atoms with Gasteiger partial charge in [0.15, 0.2) is 18.1 Å². The second-order valence-corrected chi connectivity index (χ2v) is 9.34. The molecule has 0 aliphatic rings. The third-order valence-corrected chi connectivity index (χ3v) is 6.43. The zero-order valence-electron chi connectivity index (χ0n) is 21.3. The van der Waals surface area contributed by atoms with Crippen molar-refractivity contribution in [3.63, 3.8) is 0 Å². The number of ether oxygens (including phenoxy) is 2. The first-order chi connectivity index (χ1) is 18.1. The van der Waals surface area contributed by atoms with E-state index in [1.54, 1.807) is 23.6 Å². The molecule has 1 heterocycles. The number of aryl methyl sites for hydroxylation is 1. The van der Waals surface area contributed by atoms with E-state index in [9.17, 15) is 4.79 Å². The molecule has 0 atom stereocenters. The standard InChI is InChI=1S/C27H30N6O3S.ClH/c1-20-9-12-22(13-10-20)29-26(34)19-36-24-14-11-21(17-25(24)35-2)18-28-15-6-16-37-27-30-31-32-33(27)23-7-4-3-5-8-23;/h3-5,7-14,17,28H,6,15-16,18-19H2,1-2H3,(H,29,34);1H. The Balaban J connectivity index is 0.00000400. The highest BCUT2D eigenvalue weighted by atomic mass is 35.5. The number of amides is 1. The summed E-state index contributed by atoms with van der Waals surface area (Å²) in [7, 11) is 1.59. The third kappa shape index (κ3) is 8.47. The van der Waals surface area contributed by atoms with E-state index in [1.165, 1.54) is 0 Å². The molecule has 1 amide bonds. The summed E-state index contributed by atoms with van der Waals surface area (Å²) in [6.07, 6.45) is 0.959. The second-order valence-electron chi connectivity index (χ2n) is 8.28. The van der Waals surface area contributed by atoms with Gasteiger partial charge in [0.25, 0.3) is 5.91 Å². The Kier molecular flexibility index (Phi) is 11.4. The molecule has 0 spiro atoms. The minimum Gasteiger partial charge on any atom is -0.493 e. The number of anilines is 1. The summed E-state index contributed by atoms with van der Waals surface area (Å²) in [5.74, 6) is 1.77. The predicted octanol–water partition coefficient (Wildman–Crippen LogP) is 4.69. The van der Waals surface area contributed by atoms with Crippen LogP contribution in [0.2, 0.25) is 0 Å². The molecule has 0 aliphatic heterocycles. The molecule has 2 N–H and O–H groups in total. The highest BCUT2D eigenvalue weighted by Crippen LogP contribution is 2.28. The lowest BCUT2D eigenvalue weighted by Crippen LogP contribution is -2.20. The lowest BCUT2D eigenvalue weighted by Gasteiger charge is -2.13. The fourth-order valence-corrected chi connectivity index (χ4v) is 4.34. The molecule has 0 aliphatic carbocycles. The Hall–Kier alpha value is -3.60. The third-order valence-electron chi connectivity index (χ3n) is 5.42. The molecule has 1 aromatic heterocycles. The first-order valence-electron chi connectivity index (χ1n) is 12.0. The lowest BCUT2D eigenvalue weighted by molar-refractivity contribution is -0.118. The fourth-order valence-electron chi connectivity index (χ4n) is 3.51. The van der Waals surface area contributed by atoms with Crippen LogP contribution in [0.3, 0.4) is 0 Å². The number of methoxy groups -OCH3 is 1. The number of nitrogens with one attached hydrogen (secondary N) is 2. The van der Waals surface area contributed by atoms with Gasteiger partial charge < -0.3 is 20.1 Å². The van der Waals surface area contributed by atoms with Gasteiger partial charge in [-0.1, -0.05) is 53.7 Å². The van der Waals surface area contributed by atoms with Crippen molar-refractivity contribution >= 4 is 35.8 Å². The summed E-state index contributed by atoms with van der Waals surface area (Å²) in [5.41, 5.74) is 3.88. The minimum absolute atomic E-state index is 0. The van der Waals surface area contributed by atoms with Crippen molar-refractivity contribution in [1.82, 2.24) is 25.5 Å². The summed E-state index contributed by atoms with van der Waals surface area (Å²) >= 11 is 1.63. The summed E-state index contributed by atoms with van der Waals surface area (Å²) in [4.78, 5) is 12.2. The van der Waals surface area contributed by atoms with Crippen LogP contribution in [0.4, 0.5) is 5.69 Å². The number of nitrogens with zero attached hydrogens (tertiary/aromatic N) is 4. The number of hydrogen-bond acceptors (Lipinski definition) is 8. The van der Waals surface area contributed by atoms with E-state index in [2.05, 4.69) is 26.2 Å². The Morgan fingerprint density at radius 3 is 2.58 bits per heavy atom. The van der Waals surface area contributed by atoms with Crippen LogP contribution in [0.5, 0.6) is 11.5 Å². The van der Waals surface area contributed by atoms with Crippen molar-refractivity contribution in [1.29, 1.82) is 0 Å². The molecule has 38 heavy (non-hydrogen) atoms. The number of rotatable bonds is 13. The number of aromatic nitrogens is 4. The number of hydrogen-bond donors (Lipinski definition) is 2. The average Bonchev–Trinajstić information content (AvgIpc) is 3.40. The van der Waals surface area contributed by atoms with Crippen LogP contribution in [-0.4, -0.2) is 52.1 Å². The molecule has 0 saturated heterocycles. The predicted molar refractivity (Wildman–Crippen MR) is 152 cm³/mol. The Labute approximate surface area is 232 Å². The number of benzene rings is 3. The molecular weight excluding hydrogens is 524 g/mol. The van der Waals surface area contributed by atoms with E-state index >= 15 is 0 Å². The molecule has 0 bridgehead atoms. The second kappa shape index (κ2) is 15.0. The van der Waals surface area contributed by atoms with Crippen LogP contribution in [0.25, 0.3) is 5.69 Å². The molecule has 3 aromatic carbocycles. The summed E-state index contributed by atoms with van der Waals surface area (Å²) in [6.45, 7) is 3.43. The van der Waals surface area contributed by atoms with Gasteiger partial charge in [-0.25, -0.2) is 0 Å². The maximum absolute atomic E-state index is 12.2. The van der Waals surface area contributed by atoms with E-state index in [1.807, 2.05) is 79.7 Å². The van der Waals surface area contributed by atoms with Crippen LogP contribution in [0.1, 0.15) is 17.5 Å². The average molecular weight is 555 g/mol. The van der Waals surface area contributed by atoms with Gasteiger partial charge in [0.1, 0.15) is 0 Å². The van der Waals surface area contributed by atoms with E-state index in [0.717, 1.165) is 46.4 Å². The molecule has 11 heteroatoms. The van der Waals surface area contributed by atoms with Crippen LogP contribution in [0.15, 0.2) is 78.0 Å². The topological polar surface area (TPSA) is 103 Å².